The second kappa shape index (κ2) is 9.94. The van der Waals surface area contributed by atoms with Gasteiger partial charge < -0.3 is 15.7 Å². The van der Waals surface area contributed by atoms with E-state index in [0.717, 1.165) is 18.4 Å². The van der Waals surface area contributed by atoms with Crippen LogP contribution in [0.15, 0.2) is 24.3 Å². The molecule has 2 amide bonds. The van der Waals surface area contributed by atoms with Crippen LogP contribution in [0.3, 0.4) is 0 Å². The highest BCUT2D eigenvalue weighted by Crippen LogP contribution is 2.29. The van der Waals surface area contributed by atoms with E-state index in [1.54, 1.807) is 12.1 Å². The average Bonchev–Trinajstić information content (AvgIpc) is 2.66. The first-order chi connectivity index (χ1) is 12.5. The van der Waals surface area contributed by atoms with Crippen molar-refractivity contribution in [2.24, 2.45) is 11.8 Å². The van der Waals surface area contributed by atoms with Crippen LogP contribution < -0.4 is 10.6 Å². The molecule has 6 nitrogen and oxygen atoms in total. The summed E-state index contributed by atoms with van der Waals surface area (Å²) in [7, 11) is 0. The molecule has 0 bridgehead atoms. The minimum atomic E-state index is -0.761. The van der Waals surface area contributed by atoms with E-state index in [0.29, 0.717) is 44.3 Å². The van der Waals surface area contributed by atoms with Crippen molar-refractivity contribution >= 4 is 17.8 Å². The van der Waals surface area contributed by atoms with E-state index in [2.05, 4.69) is 17.6 Å². The fourth-order valence-electron chi connectivity index (χ4n) is 3.19. The molecule has 0 unspecified atom stereocenters. The molecule has 3 N–H and O–H groups in total. The van der Waals surface area contributed by atoms with Crippen LogP contribution >= 0.6 is 0 Å². The minimum absolute atomic E-state index is 0.0183. The van der Waals surface area contributed by atoms with Gasteiger partial charge in [-0.05, 0) is 49.8 Å². The van der Waals surface area contributed by atoms with Crippen LogP contribution in [0.2, 0.25) is 0 Å². The van der Waals surface area contributed by atoms with Gasteiger partial charge in [0.2, 0.25) is 5.91 Å². The number of nitrogens with one attached hydrogen (secondary N) is 2. The van der Waals surface area contributed by atoms with Gasteiger partial charge in [0.25, 0.3) is 5.91 Å². The number of carbonyl (C=O) groups is 3. The van der Waals surface area contributed by atoms with Gasteiger partial charge in [0.1, 0.15) is 0 Å². The van der Waals surface area contributed by atoms with E-state index in [4.69, 9.17) is 5.11 Å². The SMILES string of the molecule is CCCCNC(=O)c1ccc(CNC(=O)C2CCC(C(=O)O)CC2)cc1. The van der Waals surface area contributed by atoms with Crippen molar-refractivity contribution in [1.29, 1.82) is 0 Å². The van der Waals surface area contributed by atoms with E-state index in [9.17, 15) is 14.4 Å². The third kappa shape index (κ3) is 5.86. The predicted molar refractivity (Wildman–Crippen MR) is 98.6 cm³/mol. The molecule has 1 aromatic rings. The van der Waals surface area contributed by atoms with E-state index < -0.39 is 5.97 Å². The zero-order valence-electron chi connectivity index (χ0n) is 15.3. The monoisotopic (exact) mass is 360 g/mol. The lowest BCUT2D eigenvalue weighted by Crippen LogP contribution is -2.34. The molecule has 1 fully saturated rings. The molecule has 1 saturated carbocycles. The summed E-state index contributed by atoms with van der Waals surface area (Å²) in [4.78, 5) is 35.2. The van der Waals surface area contributed by atoms with Crippen molar-refractivity contribution in [3.63, 3.8) is 0 Å². The molecule has 0 heterocycles. The Kier molecular flexibility index (Phi) is 7.63. The number of aliphatic carboxylic acids is 1. The molecular weight excluding hydrogens is 332 g/mol. The molecule has 0 aromatic heterocycles. The zero-order chi connectivity index (χ0) is 18.9. The molecule has 2 rings (SSSR count). The Morgan fingerprint density at radius 2 is 1.62 bits per heavy atom. The van der Waals surface area contributed by atoms with E-state index in [1.165, 1.54) is 0 Å². The highest BCUT2D eigenvalue weighted by molar-refractivity contribution is 5.94. The first kappa shape index (κ1) is 19.9. The second-order valence-corrected chi connectivity index (χ2v) is 6.91. The molecule has 1 aromatic carbocycles. The Morgan fingerprint density at radius 3 is 2.19 bits per heavy atom. The molecule has 0 aliphatic heterocycles. The van der Waals surface area contributed by atoms with Crippen LogP contribution in [0, 0.1) is 11.8 Å². The second-order valence-electron chi connectivity index (χ2n) is 6.91. The molecule has 1 aliphatic rings. The summed E-state index contributed by atoms with van der Waals surface area (Å²) in [5, 5.41) is 14.8. The number of rotatable bonds is 8. The number of carboxylic acids is 1. The standard InChI is InChI=1S/C20H28N2O4/c1-2-3-12-21-18(23)15-6-4-14(5-7-15)13-22-19(24)16-8-10-17(11-9-16)20(25)26/h4-7,16-17H,2-3,8-13H2,1H3,(H,21,23)(H,22,24)(H,25,26). The largest absolute Gasteiger partial charge is 0.481 e. The maximum Gasteiger partial charge on any atom is 0.306 e. The quantitative estimate of drug-likeness (QED) is 0.621. The lowest BCUT2D eigenvalue weighted by molar-refractivity contribution is -0.144. The highest BCUT2D eigenvalue weighted by atomic mass is 16.4. The number of carbonyl (C=O) groups excluding carboxylic acids is 2. The first-order valence-electron chi connectivity index (χ1n) is 9.39. The molecule has 142 valence electrons. The number of amides is 2. The Labute approximate surface area is 154 Å². The van der Waals surface area contributed by atoms with Crippen molar-refractivity contribution in [2.45, 2.75) is 52.0 Å². The Morgan fingerprint density at radius 1 is 1.00 bits per heavy atom. The normalized spacial score (nSPS) is 19.6. The smallest absolute Gasteiger partial charge is 0.306 e. The van der Waals surface area contributed by atoms with E-state index in [-0.39, 0.29) is 23.7 Å². The van der Waals surface area contributed by atoms with Crippen LogP contribution in [-0.2, 0) is 16.1 Å². The summed E-state index contributed by atoms with van der Waals surface area (Å²) in [6.07, 6.45) is 4.38. The van der Waals surface area contributed by atoms with Crippen LogP contribution in [0.25, 0.3) is 0 Å². The Balaban J connectivity index is 1.76. The van der Waals surface area contributed by atoms with Crippen molar-refractivity contribution in [3.05, 3.63) is 35.4 Å². The van der Waals surface area contributed by atoms with Gasteiger partial charge >= 0.3 is 5.97 Å². The average molecular weight is 360 g/mol. The lowest BCUT2D eigenvalue weighted by Gasteiger charge is -2.25. The lowest BCUT2D eigenvalue weighted by atomic mass is 9.81. The fourth-order valence-corrected chi connectivity index (χ4v) is 3.19. The Bertz CT molecular complexity index is 619. The number of carboxylic acid groups (broad SMARTS) is 1. The summed E-state index contributed by atoms with van der Waals surface area (Å²) in [6.45, 7) is 3.17. The van der Waals surface area contributed by atoms with Crippen LogP contribution in [0.4, 0.5) is 0 Å². The maximum absolute atomic E-state index is 12.2. The van der Waals surface area contributed by atoms with E-state index in [1.807, 2.05) is 12.1 Å². The molecule has 0 saturated heterocycles. The van der Waals surface area contributed by atoms with E-state index >= 15 is 0 Å². The minimum Gasteiger partial charge on any atom is -0.481 e. The summed E-state index contributed by atoms with van der Waals surface area (Å²) < 4.78 is 0. The van der Waals surface area contributed by atoms with Crippen molar-refractivity contribution < 1.29 is 19.5 Å². The first-order valence-corrected chi connectivity index (χ1v) is 9.39. The van der Waals surface area contributed by atoms with Crippen LogP contribution in [0.5, 0.6) is 0 Å². The number of hydrogen-bond acceptors (Lipinski definition) is 3. The number of benzene rings is 1. The topological polar surface area (TPSA) is 95.5 Å². The summed E-state index contributed by atoms with van der Waals surface area (Å²) in [5.41, 5.74) is 1.55. The van der Waals surface area contributed by atoms with Crippen LogP contribution in [-0.4, -0.2) is 29.4 Å². The molecule has 0 spiro atoms. The fraction of sp³-hybridized carbons (Fsp3) is 0.550. The van der Waals surface area contributed by atoms with Gasteiger partial charge in [-0.3, -0.25) is 14.4 Å². The van der Waals surface area contributed by atoms with Crippen LogP contribution in [0.1, 0.15) is 61.4 Å². The van der Waals surface area contributed by atoms with Gasteiger partial charge in [0.15, 0.2) is 0 Å². The van der Waals surface area contributed by atoms with Gasteiger partial charge in [-0.2, -0.15) is 0 Å². The molecule has 26 heavy (non-hydrogen) atoms. The number of hydrogen-bond donors (Lipinski definition) is 3. The van der Waals surface area contributed by atoms with Gasteiger partial charge in [0.05, 0.1) is 5.92 Å². The van der Waals surface area contributed by atoms with Gasteiger partial charge in [-0.15, -0.1) is 0 Å². The summed E-state index contributed by atoms with van der Waals surface area (Å²) in [5.74, 6) is -1.27. The van der Waals surface area contributed by atoms with Crippen molar-refractivity contribution in [2.75, 3.05) is 6.54 Å². The third-order valence-corrected chi connectivity index (χ3v) is 4.95. The molecular formula is C20H28N2O4. The van der Waals surface area contributed by atoms with Gasteiger partial charge in [-0.25, -0.2) is 0 Å². The van der Waals surface area contributed by atoms with Crippen molar-refractivity contribution in [3.8, 4) is 0 Å². The predicted octanol–water partition coefficient (Wildman–Crippen LogP) is 2.72. The van der Waals surface area contributed by atoms with Crippen molar-refractivity contribution in [1.82, 2.24) is 10.6 Å². The molecule has 6 heteroatoms. The van der Waals surface area contributed by atoms with Gasteiger partial charge in [0, 0.05) is 24.6 Å². The maximum atomic E-state index is 12.2. The molecule has 0 atom stereocenters. The summed E-state index contributed by atoms with van der Waals surface area (Å²) in [6, 6.07) is 7.22. The number of unbranched alkanes of at least 4 members (excludes halogenated alkanes) is 1. The zero-order valence-corrected chi connectivity index (χ0v) is 15.3. The molecule has 0 radical (unpaired) electrons. The van der Waals surface area contributed by atoms with Gasteiger partial charge in [-0.1, -0.05) is 25.5 Å². The third-order valence-electron chi connectivity index (χ3n) is 4.95. The highest BCUT2D eigenvalue weighted by Gasteiger charge is 2.29. The summed E-state index contributed by atoms with van der Waals surface area (Å²) >= 11 is 0. The Hall–Kier alpha value is -2.37. The molecule has 1 aliphatic carbocycles.